The third kappa shape index (κ3) is 11.6. The van der Waals surface area contributed by atoms with Crippen LogP contribution in [0.25, 0.3) is 16.9 Å². The van der Waals surface area contributed by atoms with Gasteiger partial charge in [0.05, 0.1) is 0 Å². The van der Waals surface area contributed by atoms with Crippen molar-refractivity contribution in [2.45, 2.75) is 149 Å². The summed E-state index contributed by atoms with van der Waals surface area (Å²) in [6, 6.07) is 18.0. The Labute approximate surface area is 265 Å². The molecule has 3 heteroatoms. The molecule has 2 aromatic rings. The van der Waals surface area contributed by atoms with Crippen LogP contribution >= 0.6 is 0 Å². The first-order chi connectivity index (χ1) is 20.6. The second-order valence-corrected chi connectivity index (χ2v) is 12.8. The number of hydrogen-bond acceptors (Lipinski definition) is 0. The molecular weight excluding hydrogens is 555 g/mol. The maximum atomic E-state index is 11.9. The number of hydrogen-bond donors (Lipinski definition) is 0. The van der Waals surface area contributed by atoms with Crippen LogP contribution in [0.5, 0.6) is 0 Å². The molecule has 0 spiro atoms. The van der Waals surface area contributed by atoms with E-state index in [-0.39, 0.29) is 0 Å². The number of rotatable bonds is 19. The van der Waals surface area contributed by atoms with Gasteiger partial charge < -0.3 is 5.53 Å². The fourth-order valence-corrected chi connectivity index (χ4v) is 5.91. The molecule has 0 aromatic heterocycles. The van der Waals surface area contributed by atoms with Crippen molar-refractivity contribution in [1.29, 1.82) is 0 Å². The van der Waals surface area contributed by atoms with E-state index in [9.17, 15) is 5.53 Å². The van der Waals surface area contributed by atoms with Gasteiger partial charge in [0, 0.05) is 22.3 Å². The number of allylic oxidation sites excluding steroid dienone is 2. The zero-order chi connectivity index (χ0) is 30.6. The summed E-state index contributed by atoms with van der Waals surface area (Å²) >= 11 is 1.62. The number of unbranched alkanes of at least 4 members (excludes halogenated alkanes) is 9. The van der Waals surface area contributed by atoms with Gasteiger partial charge in [0.15, 0.2) is 0 Å². The topological polar surface area (TPSA) is 25.3 Å². The summed E-state index contributed by atoms with van der Waals surface area (Å²) in [5.74, 6) is 4.12. The van der Waals surface area contributed by atoms with Crippen molar-refractivity contribution in [3.8, 4) is 0 Å². The molecule has 0 bridgehead atoms. The summed E-state index contributed by atoms with van der Waals surface area (Å²) in [6.07, 6.45) is 20.4. The minimum atomic E-state index is 1.02. The van der Waals surface area contributed by atoms with E-state index in [1.807, 2.05) is 0 Å². The second-order valence-electron chi connectivity index (χ2n) is 11.9. The molecule has 1 aliphatic rings. The van der Waals surface area contributed by atoms with E-state index >= 15 is 0 Å². The van der Waals surface area contributed by atoms with Crippen LogP contribution in [0.1, 0.15) is 146 Å². The van der Waals surface area contributed by atoms with E-state index in [0.717, 1.165) is 61.0 Å². The standard InChI is InChI=1S/C37H54N2.2CH3.Ni/c1-5-9-13-16-19-30-25-27-32(28-26-30)36-35(24-17-14-10-6-2)34(23-12-8-4)37(39(36)38)33-22-18-21-31(29-33)20-15-11-7-3;;;/h18,21-22,25-29H,5-17,19-20,23-24H2,1-4H3;2*1H3;. The summed E-state index contributed by atoms with van der Waals surface area (Å²) in [6.45, 7) is 9.07. The van der Waals surface area contributed by atoms with Crippen molar-refractivity contribution in [2.75, 3.05) is 0 Å². The maximum absolute atomic E-state index is 11.9. The Morgan fingerprint density at radius 2 is 1.00 bits per heavy atom. The Balaban J connectivity index is 0.00000197. The van der Waals surface area contributed by atoms with Crippen LogP contribution in [0, 0.1) is 0 Å². The van der Waals surface area contributed by atoms with Gasteiger partial charge in [-0.15, -0.1) is 0 Å². The molecule has 0 unspecified atom stereocenters. The van der Waals surface area contributed by atoms with E-state index in [1.54, 1.807) is 19.1 Å². The summed E-state index contributed by atoms with van der Waals surface area (Å²) in [5, 5.41) is 0. The van der Waals surface area contributed by atoms with Crippen molar-refractivity contribution in [3.63, 3.8) is 0 Å². The fourth-order valence-electron chi connectivity index (χ4n) is 5.91. The molecule has 3 rings (SSSR count). The molecule has 0 N–H and O–H groups in total. The Morgan fingerprint density at radius 3 is 1.60 bits per heavy atom. The number of benzene rings is 2. The zero-order valence-electron chi connectivity index (χ0n) is 27.9. The van der Waals surface area contributed by atoms with Gasteiger partial charge in [0.1, 0.15) is 0 Å². The second kappa shape index (κ2) is 21.7. The van der Waals surface area contributed by atoms with Gasteiger partial charge in [0.25, 0.3) is 0 Å². The van der Waals surface area contributed by atoms with E-state index in [0.29, 0.717) is 0 Å². The molecule has 42 heavy (non-hydrogen) atoms. The fraction of sp³-hybridized carbons (Fsp3) is 0.590. The van der Waals surface area contributed by atoms with Gasteiger partial charge in [-0.25, -0.2) is 4.70 Å². The Kier molecular flexibility index (Phi) is 18.7. The molecule has 0 saturated heterocycles. The normalized spacial score (nSPS) is 13.2. The van der Waals surface area contributed by atoms with Crippen LogP contribution in [-0.4, -0.2) is 4.70 Å². The summed E-state index contributed by atoms with van der Waals surface area (Å²) < 4.78 is 1.56. The van der Waals surface area contributed by atoms with Crippen LogP contribution in [0.3, 0.4) is 0 Å². The molecule has 0 radical (unpaired) electrons. The average molecular weight is 616 g/mol. The molecule has 0 amide bonds. The third-order valence-electron chi connectivity index (χ3n) is 8.24. The van der Waals surface area contributed by atoms with Gasteiger partial charge >= 0.3 is 26.2 Å². The van der Waals surface area contributed by atoms with Crippen LogP contribution < -0.4 is 0 Å². The Morgan fingerprint density at radius 1 is 0.524 bits per heavy atom. The van der Waals surface area contributed by atoms with Crippen molar-refractivity contribution in [2.24, 2.45) is 0 Å². The number of nitrogens with zero attached hydrogens (tertiary/aromatic N) is 2. The van der Waals surface area contributed by atoms with Crippen LogP contribution in [0.2, 0.25) is 11.8 Å². The summed E-state index contributed by atoms with van der Waals surface area (Å²) in [7, 11) is 0. The van der Waals surface area contributed by atoms with Gasteiger partial charge in [-0.2, -0.15) is 0 Å². The average Bonchev–Trinajstić information content (AvgIpc) is 3.28. The van der Waals surface area contributed by atoms with Crippen LogP contribution in [0.4, 0.5) is 0 Å². The van der Waals surface area contributed by atoms with Crippen LogP contribution in [0.15, 0.2) is 59.7 Å². The summed E-state index contributed by atoms with van der Waals surface area (Å²) in [4.78, 5) is 0. The van der Waals surface area contributed by atoms with Crippen LogP contribution in [-0.2, 0) is 27.3 Å². The Hall–Kier alpha value is -1.99. The van der Waals surface area contributed by atoms with E-state index in [4.69, 9.17) is 0 Å². The first-order valence-corrected chi connectivity index (χ1v) is 18.9. The van der Waals surface area contributed by atoms with Gasteiger partial charge in [0.2, 0.25) is 11.4 Å². The zero-order valence-corrected chi connectivity index (χ0v) is 28.8. The minimum absolute atomic E-state index is 1.02. The van der Waals surface area contributed by atoms with Crippen molar-refractivity contribution < 1.29 is 19.1 Å². The van der Waals surface area contributed by atoms with E-state index < -0.39 is 0 Å². The Bertz CT molecular complexity index is 1110. The predicted molar refractivity (Wildman–Crippen MR) is 181 cm³/mol. The molecule has 236 valence electrons. The first kappa shape index (κ1) is 36.2. The molecule has 1 aliphatic heterocycles. The van der Waals surface area contributed by atoms with Gasteiger partial charge in [-0.1, -0.05) is 110 Å². The molecule has 0 aliphatic carbocycles. The molecule has 0 fully saturated rings. The third-order valence-corrected chi connectivity index (χ3v) is 8.24. The molecule has 1 heterocycles. The molecule has 0 saturated carbocycles. The quantitative estimate of drug-likeness (QED) is 0.0854. The summed E-state index contributed by atoms with van der Waals surface area (Å²) in [5.41, 5.74) is 21.7. The van der Waals surface area contributed by atoms with Crippen molar-refractivity contribution >= 4 is 11.4 Å². The molecular formula is C39H60N2Ni. The van der Waals surface area contributed by atoms with E-state index in [2.05, 4.69) is 88.0 Å². The van der Waals surface area contributed by atoms with Gasteiger partial charge in [-0.05, 0) is 86.8 Å². The van der Waals surface area contributed by atoms with Crippen molar-refractivity contribution in [1.82, 2.24) is 0 Å². The van der Waals surface area contributed by atoms with Crippen molar-refractivity contribution in [3.05, 3.63) is 87.5 Å². The molecule has 2 nitrogen and oxygen atoms in total. The SMILES string of the molecule is CCCCCCC1=C(c2ccc(CCCCCC)cc2)[N+](=[N-])C(c2cccc(CCCCC)c2)=C1CCCC.[CH3][Ni][CH3]. The van der Waals surface area contributed by atoms with E-state index in [1.165, 1.54) is 92.9 Å². The molecule has 2 aromatic carbocycles. The number of aryl methyl sites for hydroxylation is 2. The first-order valence-electron chi connectivity index (χ1n) is 16.9. The predicted octanol–water partition coefficient (Wildman–Crippen LogP) is 13.0. The molecule has 0 atom stereocenters. The van der Waals surface area contributed by atoms with Gasteiger partial charge in [-0.3, -0.25) is 0 Å². The monoisotopic (exact) mass is 614 g/mol.